The van der Waals surface area contributed by atoms with Crippen molar-refractivity contribution in [2.45, 2.75) is 39.3 Å². The first-order valence-electron chi connectivity index (χ1n) is 14.0. The average Bonchev–Trinajstić information content (AvgIpc) is 3.27. The number of carbonyl (C=O) groups is 2. The van der Waals surface area contributed by atoms with Gasteiger partial charge >= 0.3 is 0 Å². The Bertz CT molecular complexity index is 1540. The first kappa shape index (κ1) is 29.1. The number of carbonyl (C=O) groups excluding carboxylic acids is 2. The van der Waals surface area contributed by atoms with Gasteiger partial charge in [-0.3, -0.25) is 14.5 Å². The largest absolute Gasteiger partial charge is 0.337 e. The van der Waals surface area contributed by atoms with Crippen LogP contribution in [0.2, 0.25) is 10.0 Å². The van der Waals surface area contributed by atoms with Crippen LogP contribution in [0.4, 0.5) is 5.69 Å². The van der Waals surface area contributed by atoms with Crippen molar-refractivity contribution < 1.29 is 9.59 Å². The molecule has 0 N–H and O–H groups in total. The Kier molecular flexibility index (Phi) is 9.28. The number of fused-ring (bicyclic) bond motifs is 2. The molecule has 0 spiro atoms. The summed E-state index contributed by atoms with van der Waals surface area (Å²) in [4.78, 5) is 37.4. The smallest absolute Gasteiger partial charge is 0.223 e. The monoisotopic (exact) mass is 591 g/mol. The fraction of sp³-hybridized carbons (Fsp3) is 0.344. The highest BCUT2D eigenvalue weighted by molar-refractivity contribution is 6.35. The summed E-state index contributed by atoms with van der Waals surface area (Å²) in [6, 6.07) is 21.6. The predicted octanol–water partition coefficient (Wildman–Crippen LogP) is 6.10. The molecule has 2 amide bonds. The van der Waals surface area contributed by atoms with E-state index in [1.54, 1.807) is 13.0 Å². The lowest BCUT2D eigenvalue weighted by molar-refractivity contribution is -0.132. The van der Waals surface area contributed by atoms with Crippen molar-refractivity contribution >= 4 is 51.7 Å². The highest BCUT2D eigenvalue weighted by Crippen LogP contribution is 2.28. The van der Waals surface area contributed by atoms with Crippen molar-refractivity contribution in [2.75, 3.05) is 31.1 Å². The van der Waals surface area contributed by atoms with Gasteiger partial charge in [-0.25, -0.2) is 4.98 Å². The van der Waals surface area contributed by atoms with Crippen molar-refractivity contribution in [3.8, 4) is 0 Å². The van der Waals surface area contributed by atoms with Gasteiger partial charge in [0.25, 0.3) is 0 Å². The molecule has 214 valence electrons. The molecule has 0 aliphatic carbocycles. The van der Waals surface area contributed by atoms with Gasteiger partial charge in [0.1, 0.15) is 5.82 Å². The van der Waals surface area contributed by atoms with Crippen LogP contribution >= 0.6 is 23.2 Å². The minimum atomic E-state index is -0.0270. The van der Waals surface area contributed by atoms with Crippen molar-refractivity contribution in [3.63, 3.8) is 0 Å². The van der Waals surface area contributed by atoms with E-state index in [0.29, 0.717) is 42.5 Å². The van der Waals surface area contributed by atoms with Gasteiger partial charge in [-0.05, 0) is 47.9 Å². The Morgan fingerprint density at radius 1 is 0.927 bits per heavy atom. The maximum Gasteiger partial charge on any atom is 0.223 e. The molecule has 0 saturated carbocycles. The molecular formula is C32H35Cl2N5O2. The fourth-order valence-corrected chi connectivity index (χ4v) is 6.08. The summed E-state index contributed by atoms with van der Waals surface area (Å²) in [6.07, 6.45) is 1.62. The third-order valence-corrected chi connectivity index (χ3v) is 8.26. The number of aryl methyl sites for hydroxylation is 2. The van der Waals surface area contributed by atoms with Gasteiger partial charge < -0.3 is 14.4 Å². The molecule has 9 heteroatoms. The van der Waals surface area contributed by atoms with Crippen molar-refractivity contribution in [1.82, 2.24) is 19.4 Å². The summed E-state index contributed by atoms with van der Waals surface area (Å²) in [5.74, 6) is 0.819. The number of para-hydroxylation sites is 1. The van der Waals surface area contributed by atoms with E-state index in [1.165, 1.54) is 5.56 Å². The zero-order valence-electron chi connectivity index (χ0n) is 23.5. The summed E-state index contributed by atoms with van der Waals surface area (Å²) in [5, 5.41) is 1.22. The van der Waals surface area contributed by atoms with Gasteiger partial charge in [0, 0.05) is 76.8 Å². The molecule has 5 rings (SSSR count). The Balaban J connectivity index is 1.41. The van der Waals surface area contributed by atoms with Crippen molar-refractivity contribution in [3.05, 3.63) is 93.7 Å². The Labute approximate surface area is 251 Å². The number of hydrogen-bond acceptors (Lipinski definition) is 4. The second kappa shape index (κ2) is 13.1. The van der Waals surface area contributed by atoms with Gasteiger partial charge in [0.05, 0.1) is 16.1 Å². The fourth-order valence-electron chi connectivity index (χ4n) is 5.58. The minimum absolute atomic E-state index is 0.0270. The normalized spacial score (nSPS) is 15.0. The van der Waals surface area contributed by atoms with Crippen LogP contribution in [0, 0.1) is 0 Å². The van der Waals surface area contributed by atoms with Crippen molar-refractivity contribution in [1.29, 1.82) is 0 Å². The zero-order valence-corrected chi connectivity index (χ0v) is 25.0. The molecule has 3 aromatic carbocycles. The molecule has 1 aliphatic rings. The summed E-state index contributed by atoms with van der Waals surface area (Å²) >= 11 is 12.8. The molecule has 0 bridgehead atoms. The van der Waals surface area contributed by atoms with E-state index in [4.69, 9.17) is 28.2 Å². The van der Waals surface area contributed by atoms with E-state index < -0.39 is 0 Å². The third-order valence-electron chi connectivity index (χ3n) is 7.72. The zero-order chi connectivity index (χ0) is 28.9. The van der Waals surface area contributed by atoms with Crippen LogP contribution in [-0.2, 0) is 36.1 Å². The number of hydrogen-bond donors (Lipinski definition) is 0. The lowest BCUT2D eigenvalue weighted by atomic mass is 10.1. The lowest BCUT2D eigenvalue weighted by Gasteiger charge is -2.28. The third kappa shape index (κ3) is 6.92. The summed E-state index contributed by atoms with van der Waals surface area (Å²) in [7, 11) is 1.93. The van der Waals surface area contributed by atoms with E-state index in [1.807, 2.05) is 69.9 Å². The number of anilines is 1. The van der Waals surface area contributed by atoms with Crippen molar-refractivity contribution in [2.24, 2.45) is 7.05 Å². The van der Waals surface area contributed by atoms with E-state index in [0.717, 1.165) is 54.2 Å². The molecule has 7 nitrogen and oxygen atoms in total. The van der Waals surface area contributed by atoms with E-state index >= 15 is 0 Å². The minimum Gasteiger partial charge on any atom is -0.337 e. The number of imidazole rings is 1. The van der Waals surface area contributed by atoms with Gasteiger partial charge in [0.2, 0.25) is 11.8 Å². The molecule has 0 atom stereocenters. The quantitative estimate of drug-likeness (QED) is 0.281. The first-order chi connectivity index (χ1) is 19.8. The highest BCUT2D eigenvalue weighted by atomic mass is 35.5. The van der Waals surface area contributed by atoms with Gasteiger partial charge in [-0.1, -0.05) is 59.6 Å². The number of rotatable bonds is 5. The van der Waals surface area contributed by atoms with E-state index in [-0.39, 0.29) is 11.8 Å². The molecule has 1 aliphatic heterocycles. The van der Waals surface area contributed by atoms with Crippen LogP contribution in [0.25, 0.3) is 11.0 Å². The van der Waals surface area contributed by atoms with Gasteiger partial charge in [-0.2, -0.15) is 0 Å². The number of amides is 2. The molecule has 4 aromatic rings. The summed E-state index contributed by atoms with van der Waals surface area (Å²) in [6.45, 7) is 5.42. The van der Waals surface area contributed by atoms with Crippen LogP contribution in [-0.4, -0.2) is 57.3 Å². The molecule has 0 fully saturated rings. The second-order valence-corrected chi connectivity index (χ2v) is 11.4. The van der Waals surface area contributed by atoms with Gasteiger partial charge in [0.15, 0.2) is 0 Å². The number of aromatic nitrogens is 2. The van der Waals surface area contributed by atoms with Crippen LogP contribution in [0.15, 0.2) is 66.7 Å². The summed E-state index contributed by atoms with van der Waals surface area (Å²) in [5.41, 5.74) is 4.59. The van der Waals surface area contributed by atoms with Crippen LogP contribution in [0.5, 0.6) is 0 Å². The Morgan fingerprint density at radius 3 is 2.49 bits per heavy atom. The maximum atomic E-state index is 13.8. The summed E-state index contributed by atoms with van der Waals surface area (Å²) < 4.78 is 1.97. The number of halogens is 2. The molecule has 0 radical (unpaired) electrons. The molecule has 41 heavy (non-hydrogen) atoms. The van der Waals surface area contributed by atoms with Crippen LogP contribution < -0.4 is 4.90 Å². The van der Waals surface area contributed by atoms with Gasteiger partial charge in [-0.15, -0.1) is 0 Å². The average molecular weight is 593 g/mol. The molecule has 0 saturated heterocycles. The molecule has 0 unspecified atom stereocenters. The Hall–Kier alpha value is -3.39. The number of nitrogens with zero attached hydrogens (tertiary/aromatic N) is 5. The maximum absolute atomic E-state index is 13.8. The van der Waals surface area contributed by atoms with Crippen LogP contribution in [0.3, 0.4) is 0 Å². The second-order valence-electron chi connectivity index (χ2n) is 10.6. The Morgan fingerprint density at radius 2 is 1.73 bits per heavy atom. The van der Waals surface area contributed by atoms with Crippen LogP contribution in [0.1, 0.15) is 36.7 Å². The first-order valence-corrected chi connectivity index (χ1v) is 14.8. The predicted molar refractivity (Wildman–Crippen MR) is 165 cm³/mol. The molecule has 1 aromatic heterocycles. The topological polar surface area (TPSA) is 61.7 Å². The van der Waals surface area contributed by atoms with E-state index in [2.05, 4.69) is 17.0 Å². The molecule has 2 heterocycles. The SMILES string of the molecule is CC(=O)N1CCCN(Cc2ccccc2)CCN(C(=O)CCc2nc3cccc(Cl)c3n2C)Cc2cc(Cl)ccc21. The standard InChI is InChI=1S/C32H35Cl2N5O2/c1-23(40)39-17-7-16-37(21-24-8-4-3-5-9-24)18-19-38(22-25-20-26(33)12-13-29(25)39)31(41)15-14-30-35-28-11-6-10-27(34)32(28)36(30)2/h3-6,8-13,20H,7,14-19,21-22H2,1-2H3. The highest BCUT2D eigenvalue weighted by Gasteiger charge is 2.23. The number of benzene rings is 3. The lowest BCUT2D eigenvalue weighted by Crippen LogP contribution is -2.38. The molecular weight excluding hydrogens is 557 g/mol. The van der Waals surface area contributed by atoms with E-state index in [9.17, 15) is 9.59 Å².